The van der Waals surface area contributed by atoms with E-state index < -0.39 is 0 Å². The minimum atomic E-state index is 0.523. The first kappa shape index (κ1) is 11.5. The monoisotopic (exact) mass is 210 g/mol. The lowest BCUT2D eigenvalue weighted by molar-refractivity contribution is 0.736. The molecule has 0 aromatic carbocycles. The molecule has 0 aliphatic carbocycles. The van der Waals surface area contributed by atoms with Gasteiger partial charge in [0.05, 0.1) is 0 Å². The molecule has 0 amide bonds. The number of nitrogens with zero attached hydrogens (tertiary/aromatic N) is 3. The molecule has 15 heavy (non-hydrogen) atoms. The zero-order chi connectivity index (χ0) is 10.9. The maximum absolute atomic E-state index is 5.62. The fourth-order valence-corrected chi connectivity index (χ4v) is 1.11. The number of guanidine groups is 1. The molecule has 1 aromatic heterocycles. The standard InChI is InChI=1S/C9H18N6/c1-2-5-11-9(10)12-6-3-4-8-13-7-14-15-8/h7H,2-6H2,1H3,(H3,10,11,12)(H,13,14,15). The molecule has 0 bridgehead atoms. The smallest absolute Gasteiger partial charge is 0.188 e. The van der Waals surface area contributed by atoms with Crippen LogP contribution in [0, 0.1) is 0 Å². The number of H-pyrrole nitrogens is 1. The Morgan fingerprint density at radius 1 is 1.67 bits per heavy atom. The average molecular weight is 210 g/mol. The molecule has 0 aliphatic heterocycles. The number of aryl methyl sites for hydroxylation is 1. The molecule has 0 fully saturated rings. The second-order valence-corrected chi connectivity index (χ2v) is 3.23. The van der Waals surface area contributed by atoms with Crippen LogP contribution in [0.3, 0.4) is 0 Å². The first-order valence-electron chi connectivity index (χ1n) is 5.21. The topological polar surface area (TPSA) is 92.0 Å². The largest absolute Gasteiger partial charge is 0.370 e. The van der Waals surface area contributed by atoms with E-state index in [-0.39, 0.29) is 0 Å². The number of aromatic nitrogens is 3. The van der Waals surface area contributed by atoms with Gasteiger partial charge in [0.25, 0.3) is 0 Å². The van der Waals surface area contributed by atoms with Crippen molar-refractivity contribution < 1.29 is 0 Å². The van der Waals surface area contributed by atoms with Crippen LogP contribution in [0.2, 0.25) is 0 Å². The van der Waals surface area contributed by atoms with Gasteiger partial charge in [-0.2, -0.15) is 5.10 Å². The number of rotatable bonds is 6. The lowest BCUT2D eigenvalue weighted by Gasteiger charge is -2.03. The number of hydrogen-bond acceptors (Lipinski definition) is 3. The van der Waals surface area contributed by atoms with Gasteiger partial charge in [0.15, 0.2) is 5.96 Å². The molecule has 0 aliphatic rings. The van der Waals surface area contributed by atoms with Crippen molar-refractivity contribution in [3.8, 4) is 0 Å². The lowest BCUT2D eigenvalue weighted by Crippen LogP contribution is -2.32. The quantitative estimate of drug-likeness (QED) is 0.351. The molecule has 0 saturated carbocycles. The van der Waals surface area contributed by atoms with Crippen LogP contribution in [0.15, 0.2) is 11.3 Å². The third-order valence-electron chi connectivity index (χ3n) is 1.87. The predicted octanol–water partition coefficient (Wildman–Crippen LogP) is 0.0516. The van der Waals surface area contributed by atoms with E-state index in [4.69, 9.17) is 5.73 Å². The van der Waals surface area contributed by atoms with Crippen molar-refractivity contribution in [2.45, 2.75) is 26.2 Å². The second-order valence-electron chi connectivity index (χ2n) is 3.23. The molecule has 0 atom stereocenters. The normalized spacial score (nSPS) is 11.7. The van der Waals surface area contributed by atoms with E-state index in [1.54, 1.807) is 0 Å². The Kier molecular flexibility index (Phi) is 5.21. The highest BCUT2D eigenvalue weighted by molar-refractivity contribution is 5.77. The van der Waals surface area contributed by atoms with Crippen LogP contribution in [0.5, 0.6) is 0 Å². The molecule has 4 N–H and O–H groups in total. The van der Waals surface area contributed by atoms with Crippen molar-refractivity contribution >= 4 is 5.96 Å². The maximum atomic E-state index is 5.62. The molecule has 84 valence electrons. The first-order chi connectivity index (χ1) is 7.33. The fourth-order valence-electron chi connectivity index (χ4n) is 1.11. The molecule has 6 nitrogen and oxygen atoms in total. The molecule has 1 rings (SSSR count). The van der Waals surface area contributed by atoms with Crippen LogP contribution in [0.4, 0.5) is 0 Å². The van der Waals surface area contributed by atoms with Crippen molar-refractivity contribution in [3.05, 3.63) is 12.2 Å². The van der Waals surface area contributed by atoms with Gasteiger partial charge >= 0.3 is 0 Å². The van der Waals surface area contributed by atoms with Crippen LogP contribution in [-0.2, 0) is 6.42 Å². The molecular weight excluding hydrogens is 192 g/mol. The van der Waals surface area contributed by atoms with Gasteiger partial charge in [-0.3, -0.25) is 10.1 Å². The Morgan fingerprint density at radius 3 is 3.20 bits per heavy atom. The van der Waals surface area contributed by atoms with Crippen molar-refractivity contribution in [2.24, 2.45) is 10.7 Å². The van der Waals surface area contributed by atoms with E-state index in [1.165, 1.54) is 6.33 Å². The van der Waals surface area contributed by atoms with Crippen LogP contribution >= 0.6 is 0 Å². The number of hydrogen-bond donors (Lipinski definition) is 3. The summed E-state index contributed by atoms with van der Waals surface area (Å²) in [5.41, 5.74) is 5.62. The van der Waals surface area contributed by atoms with Crippen molar-refractivity contribution in [1.29, 1.82) is 0 Å². The van der Waals surface area contributed by atoms with Crippen molar-refractivity contribution in [3.63, 3.8) is 0 Å². The van der Waals surface area contributed by atoms with Gasteiger partial charge in [0.1, 0.15) is 12.2 Å². The molecule has 0 saturated heterocycles. The van der Waals surface area contributed by atoms with Gasteiger partial charge in [-0.25, -0.2) is 4.98 Å². The summed E-state index contributed by atoms with van der Waals surface area (Å²) in [5, 5.41) is 9.63. The Labute approximate surface area is 89.4 Å². The van der Waals surface area contributed by atoms with E-state index in [9.17, 15) is 0 Å². The molecule has 1 heterocycles. The minimum absolute atomic E-state index is 0.523. The van der Waals surface area contributed by atoms with E-state index in [0.717, 1.165) is 38.2 Å². The summed E-state index contributed by atoms with van der Waals surface area (Å²) < 4.78 is 0. The fraction of sp³-hybridized carbons (Fsp3) is 0.667. The van der Waals surface area contributed by atoms with Crippen LogP contribution < -0.4 is 11.1 Å². The highest BCUT2D eigenvalue weighted by atomic mass is 15.2. The Hall–Kier alpha value is -1.59. The minimum Gasteiger partial charge on any atom is -0.370 e. The maximum Gasteiger partial charge on any atom is 0.188 e. The summed E-state index contributed by atoms with van der Waals surface area (Å²) in [5.74, 6) is 1.43. The SMILES string of the molecule is CCCN=C(N)NCCCc1ncn[nH]1. The summed E-state index contributed by atoms with van der Waals surface area (Å²) in [6, 6.07) is 0. The number of nitrogens with one attached hydrogen (secondary N) is 2. The third kappa shape index (κ3) is 4.99. The molecular formula is C9H18N6. The van der Waals surface area contributed by atoms with E-state index in [1.807, 2.05) is 0 Å². The summed E-state index contributed by atoms with van der Waals surface area (Å²) in [6.07, 6.45) is 4.35. The summed E-state index contributed by atoms with van der Waals surface area (Å²) in [4.78, 5) is 8.15. The zero-order valence-corrected chi connectivity index (χ0v) is 9.03. The average Bonchev–Trinajstić information content (AvgIpc) is 2.74. The zero-order valence-electron chi connectivity index (χ0n) is 9.03. The molecule has 6 heteroatoms. The second kappa shape index (κ2) is 6.80. The van der Waals surface area contributed by atoms with Gasteiger partial charge in [-0.1, -0.05) is 6.92 Å². The van der Waals surface area contributed by atoms with Crippen LogP contribution in [-0.4, -0.2) is 34.2 Å². The summed E-state index contributed by atoms with van der Waals surface area (Å²) >= 11 is 0. The van der Waals surface area contributed by atoms with Gasteiger partial charge < -0.3 is 11.1 Å². The predicted molar refractivity (Wildman–Crippen MR) is 59.5 cm³/mol. The molecule has 0 spiro atoms. The van der Waals surface area contributed by atoms with Gasteiger partial charge in [0.2, 0.25) is 0 Å². The lowest BCUT2D eigenvalue weighted by atomic mass is 10.3. The Morgan fingerprint density at radius 2 is 2.53 bits per heavy atom. The third-order valence-corrected chi connectivity index (χ3v) is 1.87. The van der Waals surface area contributed by atoms with Crippen molar-refractivity contribution in [1.82, 2.24) is 20.5 Å². The van der Waals surface area contributed by atoms with Gasteiger partial charge in [-0.15, -0.1) is 0 Å². The van der Waals surface area contributed by atoms with E-state index in [2.05, 4.69) is 32.4 Å². The summed E-state index contributed by atoms with van der Waals surface area (Å²) in [6.45, 7) is 3.65. The highest BCUT2D eigenvalue weighted by Gasteiger charge is 1.95. The molecule has 1 aromatic rings. The molecule has 0 unspecified atom stereocenters. The van der Waals surface area contributed by atoms with Crippen molar-refractivity contribution in [2.75, 3.05) is 13.1 Å². The molecule has 0 radical (unpaired) electrons. The van der Waals surface area contributed by atoms with Crippen LogP contribution in [0.1, 0.15) is 25.6 Å². The highest BCUT2D eigenvalue weighted by Crippen LogP contribution is 1.91. The summed E-state index contributed by atoms with van der Waals surface area (Å²) in [7, 11) is 0. The van der Waals surface area contributed by atoms with Crippen LogP contribution in [0.25, 0.3) is 0 Å². The number of aromatic amines is 1. The number of aliphatic imine (C=N–C) groups is 1. The van der Waals surface area contributed by atoms with E-state index in [0.29, 0.717) is 5.96 Å². The van der Waals surface area contributed by atoms with Gasteiger partial charge in [-0.05, 0) is 12.8 Å². The number of nitrogens with two attached hydrogens (primary N) is 1. The first-order valence-corrected chi connectivity index (χ1v) is 5.21. The Bertz CT molecular complexity index is 279. The van der Waals surface area contributed by atoms with E-state index >= 15 is 0 Å². The van der Waals surface area contributed by atoms with Gasteiger partial charge in [0, 0.05) is 19.5 Å². The Balaban J connectivity index is 2.06.